The van der Waals surface area contributed by atoms with Gasteiger partial charge in [0.1, 0.15) is 0 Å². The van der Waals surface area contributed by atoms with Crippen molar-refractivity contribution in [3.8, 4) is 0 Å². The van der Waals surface area contributed by atoms with Gasteiger partial charge in [-0.3, -0.25) is 4.90 Å². The maximum Gasteiger partial charge on any atom is 0.0307 e. The molecule has 3 nitrogen and oxygen atoms in total. The van der Waals surface area contributed by atoms with E-state index in [9.17, 15) is 0 Å². The van der Waals surface area contributed by atoms with Gasteiger partial charge in [-0.2, -0.15) is 0 Å². The fourth-order valence-corrected chi connectivity index (χ4v) is 3.95. The summed E-state index contributed by atoms with van der Waals surface area (Å²) in [6.07, 6.45) is 5.13. The van der Waals surface area contributed by atoms with Gasteiger partial charge in [-0.1, -0.05) is 28.1 Å². The van der Waals surface area contributed by atoms with Crippen LogP contribution in [0, 0.1) is 0 Å². The van der Waals surface area contributed by atoms with Gasteiger partial charge in [0.05, 0.1) is 0 Å². The number of fused-ring (bicyclic) bond motifs is 1. The van der Waals surface area contributed by atoms with E-state index in [-0.39, 0.29) is 6.04 Å². The first-order valence-electron chi connectivity index (χ1n) is 8.20. The molecular weight excluding hydrogens is 326 g/mol. The molecule has 2 fully saturated rings. The van der Waals surface area contributed by atoms with Gasteiger partial charge in [-0.25, -0.2) is 0 Å². The highest BCUT2D eigenvalue weighted by Gasteiger charge is 2.28. The monoisotopic (exact) mass is 351 g/mol. The molecule has 0 amide bonds. The Morgan fingerprint density at radius 1 is 1.14 bits per heavy atom. The second-order valence-corrected chi connectivity index (χ2v) is 7.35. The van der Waals surface area contributed by atoms with Crippen LogP contribution in [-0.2, 0) is 0 Å². The SMILES string of the molecule is NC(CCN1CCCN2CCCC2C1)c1ccc(Br)cc1. The number of nitrogens with two attached hydrogens (primary N) is 1. The van der Waals surface area contributed by atoms with Gasteiger partial charge >= 0.3 is 0 Å². The molecule has 0 bridgehead atoms. The quantitative estimate of drug-likeness (QED) is 0.904. The summed E-state index contributed by atoms with van der Waals surface area (Å²) in [5.74, 6) is 0. The van der Waals surface area contributed by atoms with Crippen molar-refractivity contribution in [3.05, 3.63) is 34.3 Å². The highest BCUT2D eigenvalue weighted by molar-refractivity contribution is 9.10. The molecule has 2 N–H and O–H groups in total. The Morgan fingerprint density at radius 2 is 1.90 bits per heavy atom. The summed E-state index contributed by atoms with van der Waals surface area (Å²) < 4.78 is 1.12. The number of hydrogen-bond donors (Lipinski definition) is 1. The van der Waals surface area contributed by atoms with Crippen LogP contribution in [0.4, 0.5) is 0 Å². The van der Waals surface area contributed by atoms with E-state index in [0.717, 1.165) is 23.5 Å². The van der Waals surface area contributed by atoms with Gasteiger partial charge in [0, 0.05) is 29.6 Å². The third kappa shape index (κ3) is 4.07. The van der Waals surface area contributed by atoms with E-state index in [2.05, 4.69) is 50.0 Å². The normalized spacial score (nSPS) is 25.5. The smallest absolute Gasteiger partial charge is 0.0307 e. The highest BCUT2D eigenvalue weighted by Crippen LogP contribution is 2.23. The van der Waals surface area contributed by atoms with Crippen molar-refractivity contribution in [3.63, 3.8) is 0 Å². The molecule has 2 aliphatic heterocycles. The number of benzene rings is 1. The van der Waals surface area contributed by atoms with Crippen LogP contribution in [0.2, 0.25) is 0 Å². The number of hydrogen-bond acceptors (Lipinski definition) is 3. The lowest BCUT2D eigenvalue weighted by molar-refractivity contribution is 0.216. The van der Waals surface area contributed by atoms with Crippen LogP contribution >= 0.6 is 15.9 Å². The van der Waals surface area contributed by atoms with Gasteiger partial charge < -0.3 is 10.6 Å². The molecule has 1 aromatic carbocycles. The number of rotatable bonds is 4. The molecule has 0 saturated carbocycles. The van der Waals surface area contributed by atoms with Gasteiger partial charge in [0.15, 0.2) is 0 Å². The molecule has 2 heterocycles. The van der Waals surface area contributed by atoms with Crippen molar-refractivity contribution < 1.29 is 0 Å². The Bertz CT molecular complexity index is 448. The predicted molar refractivity (Wildman–Crippen MR) is 91.3 cm³/mol. The Kier molecular flexibility index (Phi) is 5.33. The van der Waals surface area contributed by atoms with Crippen molar-refractivity contribution >= 4 is 15.9 Å². The average Bonchev–Trinajstić information content (AvgIpc) is 2.83. The van der Waals surface area contributed by atoms with Gasteiger partial charge in [-0.15, -0.1) is 0 Å². The molecule has 4 heteroatoms. The first-order valence-corrected chi connectivity index (χ1v) is 8.99. The first-order chi connectivity index (χ1) is 10.2. The Labute approximate surface area is 136 Å². The van der Waals surface area contributed by atoms with E-state index in [1.54, 1.807) is 0 Å². The van der Waals surface area contributed by atoms with Crippen molar-refractivity contribution in [2.24, 2.45) is 5.73 Å². The van der Waals surface area contributed by atoms with E-state index < -0.39 is 0 Å². The summed E-state index contributed by atoms with van der Waals surface area (Å²) in [4.78, 5) is 5.32. The van der Waals surface area contributed by atoms with Crippen LogP contribution in [0.3, 0.4) is 0 Å². The maximum absolute atomic E-state index is 6.36. The van der Waals surface area contributed by atoms with E-state index in [0.29, 0.717) is 0 Å². The van der Waals surface area contributed by atoms with Crippen LogP contribution < -0.4 is 5.73 Å². The molecule has 116 valence electrons. The largest absolute Gasteiger partial charge is 0.324 e. The van der Waals surface area contributed by atoms with Crippen LogP contribution in [0.15, 0.2) is 28.7 Å². The molecule has 2 unspecified atom stereocenters. The highest BCUT2D eigenvalue weighted by atomic mass is 79.9. The van der Waals surface area contributed by atoms with Crippen LogP contribution in [0.25, 0.3) is 0 Å². The van der Waals surface area contributed by atoms with E-state index in [4.69, 9.17) is 5.73 Å². The summed E-state index contributed by atoms with van der Waals surface area (Å²) >= 11 is 3.48. The molecular formula is C17H26BrN3. The zero-order valence-electron chi connectivity index (χ0n) is 12.7. The molecule has 0 aromatic heterocycles. The molecule has 21 heavy (non-hydrogen) atoms. The number of halogens is 1. The minimum Gasteiger partial charge on any atom is -0.324 e. The fraction of sp³-hybridized carbons (Fsp3) is 0.647. The van der Waals surface area contributed by atoms with Gasteiger partial charge in [0.25, 0.3) is 0 Å². The van der Waals surface area contributed by atoms with Crippen molar-refractivity contribution in [2.75, 3.05) is 32.7 Å². The van der Waals surface area contributed by atoms with Crippen LogP contribution in [0.5, 0.6) is 0 Å². The Balaban J connectivity index is 1.50. The van der Waals surface area contributed by atoms with Crippen molar-refractivity contribution in [1.29, 1.82) is 0 Å². The molecule has 0 aliphatic carbocycles. The summed E-state index contributed by atoms with van der Waals surface area (Å²) in [6.45, 7) is 6.21. The average molecular weight is 352 g/mol. The second-order valence-electron chi connectivity index (χ2n) is 6.43. The van der Waals surface area contributed by atoms with E-state index in [1.165, 1.54) is 51.0 Å². The third-order valence-corrected chi connectivity index (χ3v) is 5.47. The van der Waals surface area contributed by atoms with E-state index in [1.807, 2.05) is 0 Å². The van der Waals surface area contributed by atoms with Crippen LogP contribution in [-0.4, -0.2) is 48.6 Å². The first kappa shape index (κ1) is 15.5. The zero-order chi connectivity index (χ0) is 14.7. The molecule has 0 radical (unpaired) electrons. The van der Waals surface area contributed by atoms with Crippen molar-refractivity contribution in [2.45, 2.75) is 37.8 Å². The zero-order valence-corrected chi connectivity index (χ0v) is 14.3. The minimum absolute atomic E-state index is 0.154. The van der Waals surface area contributed by atoms with Gasteiger partial charge in [0.2, 0.25) is 0 Å². The predicted octanol–water partition coefficient (Wildman–Crippen LogP) is 3.01. The maximum atomic E-state index is 6.36. The summed E-state index contributed by atoms with van der Waals surface area (Å²) in [5.41, 5.74) is 7.60. The van der Waals surface area contributed by atoms with Gasteiger partial charge in [-0.05, 0) is 63.0 Å². The van der Waals surface area contributed by atoms with Crippen molar-refractivity contribution in [1.82, 2.24) is 9.80 Å². The third-order valence-electron chi connectivity index (χ3n) is 4.94. The molecule has 2 atom stereocenters. The standard InChI is InChI=1S/C17H26BrN3/c18-15-6-4-14(5-7-15)17(19)8-12-20-9-2-11-21-10-1-3-16(21)13-20/h4-7,16-17H,1-3,8-13,19H2. The summed E-state index contributed by atoms with van der Waals surface area (Å²) in [5, 5.41) is 0. The lowest BCUT2D eigenvalue weighted by Crippen LogP contribution is -2.37. The molecule has 3 rings (SSSR count). The lowest BCUT2D eigenvalue weighted by Gasteiger charge is -2.26. The molecule has 1 aromatic rings. The molecule has 0 spiro atoms. The minimum atomic E-state index is 0.154. The number of nitrogens with zero attached hydrogens (tertiary/aromatic N) is 2. The Morgan fingerprint density at radius 3 is 2.71 bits per heavy atom. The van der Waals surface area contributed by atoms with E-state index >= 15 is 0 Å². The topological polar surface area (TPSA) is 32.5 Å². The second kappa shape index (κ2) is 7.23. The molecule has 2 saturated heterocycles. The lowest BCUT2D eigenvalue weighted by atomic mass is 10.0. The molecule has 2 aliphatic rings. The Hall–Kier alpha value is -0.420. The summed E-state index contributed by atoms with van der Waals surface area (Å²) in [6, 6.07) is 9.39. The fourth-order valence-electron chi connectivity index (χ4n) is 3.68. The summed E-state index contributed by atoms with van der Waals surface area (Å²) in [7, 11) is 0. The van der Waals surface area contributed by atoms with Crippen LogP contribution in [0.1, 0.15) is 37.3 Å².